The van der Waals surface area contributed by atoms with E-state index in [4.69, 9.17) is 17.3 Å². The van der Waals surface area contributed by atoms with Gasteiger partial charge >= 0.3 is 0 Å². The molecule has 18 heavy (non-hydrogen) atoms. The van der Waals surface area contributed by atoms with Crippen LogP contribution in [0.5, 0.6) is 0 Å². The first-order chi connectivity index (χ1) is 8.47. The zero-order chi connectivity index (χ0) is 13.3. The van der Waals surface area contributed by atoms with E-state index < -0.39 is 23.1 Å². The highest BCUT2D eigenvalue weighted by Crippen LogP contribution is 2.27. The topological polar surface area (TPSA) is 50.9 Å². The number of nitrogen functional groups attached to an aromatic ring is 1. The molecule has 2 rings (SSSR count). The fraction of sp³-hybridized carbons (Fsp3) is 0. The molecule has 0 aliphatic rings. The minimum atomic E-state index is -1.08. The summed E-state index contributed by atoms with van der Waals surface area (Å²) in [6.07, 6.45) is 1.26. The van der Waals surface area contributed by atoms with Crippen molar-refractivity contribution in [2.24, 2.45) is 0 Å². The lowest BCUT2D eigenvalue weighted by molar-refractivity contribution is 0.549. The van der Waals surface area contributed by atoms with E-state index >= 15 is 0 Å². The zero-order valence-electron chi connectivity index (χ0n) is 8.85. The Hall–Kier alpha value is -1.95. The van der Waals surface area contributed by atoms with Gasteiger partial charge in [0.2, 0.25) is 0 Å². The summed E-state index contributed by atoms with van der Waals surface area (Å²) in [4.78, 5) is 3.78. The Morgan fingerprint density at radius 1 is 1.11 bits per heavy atom. The molecule has 0 aliphatic carbocycles. The molecule has 0 spiro atoms. The Kier molecular flexibility index (Phi) is 3.29. The average molecular weight is 274 g/mol. The van der Waals surface area contributed by atoms with E-state index in [-0.39, 0.29) is 16.5 Å². The van der Waals surface area contributed by atoms with Crippen LogP contribution in [0, 0.1) is 17.5 Å². The quantitative estimate of drug-likeness (QED) is 0.881. The number of benzene rings is 1. The van der Waals surface area contributed by atoms with E-state index in [0.717, 1.165) is 0 Å². The van der Waals surface area contributed by atoms with E-state index in [1.165, 1.54) is 12.3 Å². The van der Waals surface area contributed by atoms with Crippen LogP contribution in [0.2, 0.25) is 5.02 Å². The van der Waals surface area contributed by atoms with Gasteiger partial charge in [-0.2, -0.15) is 0 Å². The zero-order valence-corrected chi connectivity index (χ0v) is 9.60. The van der Waals surface area contributed by atoms with Gasteiger partial charge in [-0.3, -0.25) is 0 Å². The average Bonchev–Trinajstić information content (AvgIpc) is 2.25. The number of rotatable bonds is 2. The molecule has 0 fully saturated rings. The summed E-state index contributed by atoms with van der Waals surface area (Å²) in [5, 5.41) is 2.64. The van der Waals surface area contributed by atoms with E-state index in [0.29, 0.717) is 12.1 Å². The minimum absolute atomic E-state index is 0.0313. The molecule has 0 aliphatic heterocycles. The SMILES string of the molecule is Nc1cc(Cl)cnc1Nc1c(F)cc(F)cc1F. The standard InChI is InChI=1S/C11H7ClF3N3/c12-5-1-9(16)11(17-4-5)18-10-7(14)2-6(13)3-8(10)15/h1-4H,16H2,(H,17,18). The van der Waals surface area contributed by atoms with Crippen molar-refractivity contribution in [3.05, 3.63) is 46.9 Å². The van der Waals surface area contributed by atoms with Gasteiger partial charge in [-0.25, -0.2) is 18.2 Å². The van der Waals surface area contributed by atoms with Crippen LogP contribution < -0.4 is 11.1 Å². The van der Waals surface area contributed by atoms with Crippen LogP contribution in [0.4, 0.5) is 30.4 Å². The summed E-state index contributed by atoms with van der Waals surface area (Å²) in [5.41, 5.74) is 5.16. The molecule has 0 atom stereocenters. The fourth-order valence-corrected chi connectivity index (χ4v) is 1.51. The van der Waals surface area contributed by atoms with E-state index in [9.17, 15) is 13.2 Å². The van der Waals surface area contributed by atoms with Crippen LogP contribution in [0.1, 0.15) is 0 Å². The number of nitrogens with one attached hydrogen (secondary N) is 1. The molecular weight excluding hydrogens is 267 g/mol. The van der Waals surface area contributed by atoms with Crippen LogP contribution in [0.15, 0.2) is 24.4 Å². The summed E-state index contributed by atoms with van der Waals surface area (Å²) in [6, 6.07) is 2.48. The molecule has 1 aromatic carbocycles. The Bertz CT molecular complexity index is 581. The Labute approximate surface area is 105 Å². The van der Waals surface area contributed by atoms with Gasteiger partial charge in [0, 0.05) is 18.3 Å². The number of hydrogen-bond acceptors (Lipinski definition) is 3. The smallest absolute Gasteiger partial charge is 0.153 e. The van der Waals surface area contributed by atoms with E-state index in [2.05, 4.69) is 10.3 Å². The first-order valence-electron chi connectivity index (χ1n) is 4.80. The van der Waals surface area contributed by atoms with Crippen molar-refractivity contribution in [3.63, 3.8) is 0 Å². The van der Waals surface area contributed by atoms with Crippen molar-refractivity contribution in [1.82, 2.24) is 4.98 Å². The van der Waals surface area contributed by atoms with Crippen LogP contribution in [0.3, 0.4) is 0 Å². The van der Waals surface area contributed by atoms with E-state index in [1.807, 2.05) is 0 Å². The largest absolute Gasteiger partial charge is 0.396 e. The molecule has 94 valence electrons. The van der Waals surface area contributed by atoms with Gasteiger partial charge in [-0.15, -0.1) is 0 Å². The monoisotopic (exact) mass is 273 g/mol. The molecule has 3 nitrogen and oxygen atoms in total. The third kappa shape index (κ3) is 2.48. The molecule has 0 amide bonds. The molecule has 7 heteroatoms. The maximum absolute atomic E-state index is 13.4. The minimum Gasteiger partial charge on any atom is -0.396 e. The predicted molar refractivity (Wildman–Crippen MR) is 63.3 cm³/mol. The van der Waals surface area contributed by atoms with Gasteiger partial charge in [-0.05, 0) is 6.07 Å². The van der Waals surface area contributed by atoms with Gasteiger partial charge in [0.05, 0.1) is 10.7 Å². The highest BCUT2D eigenvalue weighted by molar-refractivity contribution is 6.30. The van der Waals surface area contributed by atoms with Crippen molar-refractivity contribution >= 4 is 28.8 Å². The number of nitrogens with zero attached hydrogens (tertiary/aromatic N) is 1. The number of nitrogens with two attached hydrogens (primary N) is 1. The van der Waals surface area contributed by atoms with Crippen LogP contribution in [0.25, 0.3) is 0 Å². The lowest BCUT2D eigenvalue weighted by Gasteiger charge is -2.10. The van der Waals surface area contributed by atoms with Crippen molar-refractivity contribution in [1.29, 1.82) is 0 Å². The van der Waals surface area contributed by atoms with Crippen molar-refractivity contribution < 1.29 is 13.2 Å². The molecule has 1 aromatic heterocycles. The summed E-state index contributed by atoms with van der Waals surface area (Å²) in [5.74, 6) is -3.14. The summed E-state index contributed by atoms with van der Waals surface area (Å²) in [7, 11) is 0. The van der Waals surface area contributed by atoms with Crippen molar-refractivity contribution in [2.45, 2.75) is 0 Å². The first-order valence-corrected chi connectivity index (χ1v) is 5.18. The number of hydrogen-bond donors (Lipinski definition) is 2. The maximum atomic E-state index is 13.4. The normalized spacial score (nSPS) is 10.4. The third-order valence-corrected chi connectivity index (χ3v) is 2.34. The van der Waals surface area contributed by atoms with E-state index in [1.54, 1.807) is 0 Å². The molecule has 0 bridgehead atoms. The summed E-state index contributed by atoms with van der Waals surface area (Å²) in [6.45, 7) is 0. The lowest BCUT2D eigenvalue weighted by atomic mass is 10.2. The van der Waals surface area contributed by atoms with Gasteiger partial charge < -0.3 is 11.1 Å². The second-order valence-electron chi connectivity index (χ2n) is 3.46. The van der Waals surface area contributed by atoms with Gasteiger partial charge in [0.1, 0.15) is 11.5 Å². The first kappa shape index (κ1) is 12.5. The summed E-state index contributed by atoms with van der Waals surface area (Å²) < 4.78 is 39.5. The van der Waals surface area contributed by atoms with Crippen LogP contribution in [-0.2, 0) is 0 Å². The molecule has 0 saturated carbocycles. The Balaban J connectivity index is 2.40. The Morgan fingerprint density at radius 3 is 2.28 bits per heavy atom. The Morgan fingerprint density at radius 2 is 1.72 bits per heavy atom. The molecule has 0 unspecified atom stereocenters. The predicted octanol–water partition coefficient (Wildman–Crippen LogP) is 3.48. The second kappa shape index (κ2) is 4.73. The lowest BCUT2D eigenvalue weighted by Crippen LogP contribution is -2.03. The number of halogens is 4. The highest BCUT2D eigenvalue weighted by Gasteiger charge is 2.13. The van der Waals surface area contributed by atoms with Crippen molar-refractivity contribution in [3.8, 4) is 0 Å². The molecule has 2 aromatic rings. The number of anilines is 3. The van der Waals surface area contributed by atoms with Gasteiger partial charge in [0.15, 0.2) is 17.5 Å². The highest BCUT2D eigenvalue weighted by atomic mass is 35.5. The third-order valence-electron chi connectivity index (χ3n) is 2.13. The van der Waals surface area contributed by atoms with Crippen LogP contribution >= 0.6 is 11.6 Å². The summed E-state index contributed by atoms with van der Waals surface area (Å²) >= 11 is 5.64. The molecule has 3 N–H and O–H groups in total. The molecule has 1 heterocycles. The van der Waals surface area contributed by atoms with Gasteiger partial charge in [0.25, 0.3) is 0 Å². The number of aromatic nitrogens is 1. The van der Waals surface area contributed by atoms with Gasteiger partial charge in [-0.1, -0.05) is 11.6 Å². The van der Waals surface area contributed by atoms with Crippen LogP contribution in [-0.4, -0.2) is 4.98 Å². The maximum Gasteiger partial charge on any atom is 0.153 e. The van der Waals surface area contributed by atoms with Crippen molar-refractivity contribution in [2.75, 3.05) is 11.1 Å². The molecule has 0 saturated heterocycles. The second-order valence-corrected chi connectivity index (χ2v) is 3.90. The fourth-order valence-electron chi connectivity index (χ4n) is 1.34. The number of pyridine rings is 1. The molecular formula is C11H7ClF3N3. The molecule has 0 radical (unpaired) electrons.